The number of rotatable bonds is 1. The predicted molar refractivity (Wildman–Crippen MR) is 45.2 cm³/mol. The first-order valence-electron chi connectivity index (χ1n) is 3.77. The maximum absolute atomic E-state index is 3.98. The fourth-order valence-corrected chi connectivity index (χ4v) is 1.16. The minimum absolute atomic E-state index is 1.00. The summed E-state index contributed by atoms with van der Waals surface area (Å²) in [6.45, 7) is 2.14. The second-order valence-corrected chi connectivity index (χ2v) is 2.59. The van der Waals surface area contributed by atoms with Gasteiger partial charge in [0.2, 0.25) is 0 Å². The molecule has 0 aliphatic carbocycles. The molecule has 2 heteroatoms. The Bertz CT molecular complexity index is 302. The van der Waals surface area contributed by atoms with Gasteiger partial charge in [-0.3, -0.25) is 0 Å². The van der Waals surface area contributed by atoms with Crippen LogP contribution in [0.15, 0.2) is 23.3 Å². The lowest BCUT2D eigenvalue weighted by molar-refractivity contribution is 0.985. The van der Waals surface area contributed by atoms with E-state index >= 15 is 0 Å². The van der Waals surface area contributed by atoms with Crippen LogP contribution in [0.2, 0.25) is 0 Å². The quantitative estimate of drug-likeness (QED) is 0.576. The lowest BCUT2D eigenvalue weighted by Gasteiger charge is -1.98. The molecule has 0 saturated carbocycles. The summed E-state index contributed by atoms with van der Waals surface area (Å²) in [5.41, 5.74) is 7.43. The fraction of sp³-hybridized carbons (Fsp3) is 0.222. The summed E-state index contributed by atoms with van der Waals surface area (Å²) < 4.78 is 0. The Balaban J connectivity index is 2.45. The monoisotopic (exact) mass is 145 g/mol. The van der Waals surface area contributed by atoms with Crippen molar-refractivity contribution in [3.05, 3.63) is 29.3 Å². The number of benzene rings is 1. The van der Waals surface area contributed by atoms with Crippen molar-refractivity contribution in [1.82, 2.24) is 5.43 Å². The summed E-state index contributed by atoms with van der Waals surface area (Å²) in [4.78, 5) is 0. The SMILES string of the molecule is CCc1ccc2c(c1)[N]N=C2. The molecule has 1 aromatic rings. The van der Waals surface area contributed by atoms with Crippen molar-refractivity contribution < 1.29 is 0 Å². The van der Waals surface area contributed by atoms with Crippen LogP contribution in [0.1, 0.15) is 18.1 Å². The van der Waals surface area contributed by atoms with Gasteiger partial charge in [-0.05, 0) is 18.1 Å². The second kappa shape index (κ2) is 2.38. The molecule has 11 heavy (non-hydrogen) atoms. The van der Waals surface area contributed by atoms with Gasteiger partial charge < -0.3 is 0 Å². The van der Waals surface area contributed by atoms with Crippen molar-refractivity contribution in [2.75, 3.05) is 0 Å². The van der Waals surface area contributed by atoms with Crippen molar-refractivity contribution in [3.8, 4) is 0 Å². The summed E-state index contributed by atoms with van der Waals surface area (Å²) in [5.74, 6) is 0. The summed E-state index contributed by atoms with van der Waals surface area (Å²) in [7, 11) is 0. The molecule has 0 atom stereocenters. The minimum atomic E-state index is 1.00. The second-order valence-electron chi connectivity index (χ2n) is 2.59. The van der Waals surface area contributed by atoms with E-state index in [1.807, 2.05) is 0 Å². The molecule has 1 aliphatic heterocycles. The highest BCUT2D eigenvalue weighted by Crippen LogP contribution is 2.20. The number of nitrogens with zero attached hydrogens (tertiary/aromatic N) is 2. The molecule has 1 aromatic carbocycles. The van der Waals surface area contributed by atoms with Gasteiger partial charge in [-0.2, -0.15) is 10.5 Å². The molecule has 0 N–H and O–H groups in total. The van der Waals surface area contributed by atoms with Crippen LogP contribution in [0, 0.1) is 0 Å². The molecule has 1 radical (unpaired) electrons. The first-order valence-corrected chi connectivity index (χ1v) is 3.77. The molecule has 2 rings (SSSR count). The topological polar surface area (TPSA) is 26.5 Å². The van der Waals surface area contributed by atoms with Gasteiger partial charge in [-0.25, -0.2) is 0 Å². The fourth-order valence-electron chi connectivity index (χ4n) is 1.16. The van der Waals surface area contributed by atoms with E-state index in [9.17, 15) is 0 Å². The van der Waals surface area contributed by atoms with E-state index in [-0.39, 0.29) is 0 Å². The van der Waals surface area contributed by atoms with Gasteiger partial charge >= 0.3 is 0 Å². The first-order chi connectivity index (χ1) is 5.40. The van der Waals surface area contributed by atoms with E-state index in [2.05, 4.69) is 35.7 Å². The van der Waals surface area contributed by atoms with Gasteiger partial charge in [0.15, 0.2) is 0 Å². The number of hydrogen-bond acceptors (Lipinski definition) is 1. The molecule has 0 aromatic heterocycles. The van der Waals surface area contributed by atoms with Gasteiger partial charge in [0.25, 0.3) is 0 Å². The third-order valence-corrected chi connectivity index (χ3v) is 1.87. The predicted octanol–water partition coefficient (Wildman–Crippen LogP) is 1.83. The van der Waals surface area contributed by atoms with Crippen molar-refractivity contribution in [2.45, 2.75) is 13.3 Å². The minimum Gasteiger partial charge on any atom is -0.158 e. The summed E-state index contributed by atoms with van der Waals surface area (Å²) in [6, 6.07) is 6.27. The zero-order valence-electron chi connectivity index (χ0n) is 6.41. The average molecular weight is 145 g/mol. The molecular weight excluding hydrogens is 136 g/mol. The van der Waals surface area contributed by atoms with Crippen LogP contribution in [-0.4, -0.2) is 6.21 Å². The lowest BCUT2D eigenvalue weighted by Crippen LogP contribution is -1.85. The van der Waals surface area contributed by atoms with E-state index in [1.165, 1.54) is 5.56 Å². The highest BCUT2D eigenvalue weighted by Gasteiger charge is 2.06. The van der Waals surface area contributed by atoms with E-state index in [1.54, 1.807) is 6.21 Å². The van der Waals surface area contributed by atoms with E-state index in [0.717, 1.165) is 17.7 Å². The Morgan fingerprint density at radius 2 is 2.27 bits per heavy atom. The molecule has 55 valence electrons. The third-order valence-electron chi connectivity index (χ3n) is 1.87. The molecule has 0 unspecified atom stereocenters. The van der Waals surface area contributed by atoms with Gasteiger partial charge in [-0.15, -0.1) is 0 Å². The molecule has 2 nitrogen and oxygen atoms in total. The Labute approximate surface area is 65.9 Å². The molecule has 1 aliphatic rings. The summed E-state index contributed by atoms with van der Waals surface area (Å²) >= 11 is 0. The maximum atomic E-state index is 3.98. The maximum Gasteiger partial charge on any atom is 0.0947 e. The van der Waals surface area contributed by atoms with Crippen LogP contribution in [0.3, 0.4) is 0 Å². The van der Waals surface area contributed by atoms with Gasteiger partial charge in [0, 0.05) is 5.56 Å². The Kier molecular flexibility index (Phi) is 1.39. The van der Waals surface area contributed by atoms with Crippen LogP contribution in [0.5, 0.6) is 0 Å². The highest BCUT2D eigenvalue weighted by molar-refractivity contribution is 5.89. The van der Waals surface area contributed by atoms with E-state index in [0.29, 0.717) is 0 Å². The van der Waals surface area contributed by atoms with Crippen LogP contribution in [0.25, 0.3) is 0 Å². The van der Waals surface area contributed by atoms with Crippen LogP contribution < -0.4 is 5.43 Å². The average Bonchev–Trinajstić information content (AvgIpc) is 2.50. The third kappa shape index (κ3) is 1.00. The zero-order chi connectivity index (χ0) is 7.68. The Morgan fingerprint density at radius 3 is 3.09 bits per heavy atom. The molecule has 0 spiro atoms. The first kappa shape index (κ1) is 6.40. The van der Waals surface area contributed by atoms with Crippen LogP contribution >= 0.6 is 0 Å². The summed E-state index contributed by atoms with van der Waals surface area (Å²) in [5, 5.41) is 3.83. The van der Waals surface area contributed by atoms with Gasteiger partial charge in [0.1, 0.15) is 0 Å². The normalized spacial score (nSPS) is 12.8. The molecule has 0 fully saturated rings. The number of fused-ring (bicyclic) bond motifs is 1. The van der Waals surface area contributed by atoms with Crippen molar-refractivity contribution in [1.29, 1.82) is 0 Å². The standard InChI is InChI=1S/C9H9N2/c1-2-7-3-4-8-6-10-11-9(8)5-7/h3-6H,2H2,1H3. The largest absolute Gasteiger partial charge is 0.158 e. The van der Waals surface area contributed by atoms with Crippen molar-refractivity contribution in [3.63, 3.8) is 0 Å². The Hall–Kier alpha value is -1.31. The number of aryl methyl sites for hydroxylation is 1. The molecule has 0 saturated heterocycles. The van der Waals surface area contributed by atoms with Crippen LogP contribution in [-0.2, 0) is 6.42 Å². The van der Waals surface area contributed by atoms with Gasteiger partial charge in [-0.1, -0.05) is 19.1 Å². The van der Waals surface area contributed by atoms with Crippen molar-refractivity contribution in [2.24, 2.45) is 5.10 Å². The molecular formula is C9H9N2. The van der Waals surface area contributed by atoms with Crippen LogP contribution in [0.4, 0.5) is 5.69 Å². The van der Waals surface area contributed by atoms with Crippen molar-refractivity contribution >= 4 is 11.9 Å². The lowest BCUT2D eigenvalue weighted by atomic mass is 10.1. The van der Waals surface area contributed by atoms with E-state index < -0.39 is 0 Å². The zero-order valence-corrected chi connectivity index (χ0v) is 6.41. The Morgan fingerprint density at radius 1 is 1.36 bits per heavy atom. The molecule has 0 amide bonds. The smallest absolute Gasteiger partial charge is 0.0947 e. The van der Waals surface area contributed by atoms with Gasteiger partial charge in [0.05, 0.1) is 11.9 Å². The highest BCUT2D eigenvalue weighted by atomic mass is 15.3. The summed E-state index contributed by atoms with van der Waals surface area (Å²) in [6.07, 6.45) is 2.84. The molecule has 1 heterocycles. The number of hydrogen-bond donors (Lipinski definition) is 0. The molecule has 0 bridgehead atoms. The van der Waals surface area contributed by atoms with E-state index in [4.69, 9.17) is 0 Å².